The highest BCUT2D eigenvalue weighted by atomic mass is 32.2. The Balaban J connectivity index is 2.27. The number of rotatable bonds is 3. The van der Waals surface area contributed by atoms with Gasteiger partial charge in [-0.1, -0.05) is 30.4 Å². The fourth-order valence-corrected chi connectivity index (χ4v) is 3.05. The van der Waals surface area contributed by atoms with E-state index in [0.717, 1.165) is 5.56 Å². The summed E-state index contributed by atoms with van der Waals surface area (Å²) in [7, 11) is 0.145. The minimum absolute atomic E-state index is 0.145. The van der Waals surface area contributed by atoms with Crippen molar-refractivity contribution in [3.63, 3.8) is 0 Å². The summed E-state index contributed by atoms with van der Waals surface area (Å²) in [6.07, 6.45) is 2.25. The molecule has 2 heteroatoms. The third-order valence-electron chi connectivity index (χ3n) is 2.47. The summed E-state index contributed by atoms with van der Waals surface area (Å²) in [6.45, 7) is 0. The van der Waals surface area contributed by atoms with Crippen molar-refractivity contribution >= 4 is 28.5 Å². The highest BCUT2D eigenvalue weighted by Gasteiger charge is 2.17. The summed E-state index contributed by atoms with van der Waals surface area (Å²) in [5, 5.41) is 1.71. The SMILES string of the molecule is C[S+](c1ccccc1)c1ccc(C=S)cc1. The van der Waals surface area contributed by atoms with Gasteiger partial charge >= 0.3 is 0 Å². The van der Waals surface area contributed by atoms with Gasteiger partial charge in [-0.05, 0) is 42.0 Å². The molecule has 0 nitrogen and oxygen atoms in total. The molecular weight excluding hydrogens is 232 g/mol. The van der Waals surface area contributed by atoms with E-state index >= 15 is 0 Å². The van der Waals surface area contributed by atoms with Gasteiger partial charge in [0.2, 0.25) is 0 Å². The maximum Gasteiger partial charge on any atom is 0.160 e. The summed E-state index contributed by atoms with van der Waals surface area (Å²) in [5.74, 6) is 0. The van der Waals surface area contributed by atoms with Crippen molar-refractivity contribution in [1.29, 1.82) is 0 Å². The van der Waals surface area contributed by atoms with Crippen LogP contribution in [0, 0.1) is 0 Å². The van der Waals surface area contributed by atoms with Crippen molar-refractivity contribution in [3.8, 4) is 0 Å². The largest absolute Gasteiger partial charge is 0.160 e. The normalized spacial score (nSPS) is 12.1. The van der Waals surface area contributed by atoms with Crippen LogP contribution < -0.4 is 0 Å². The molecule has 2 aromatic rings. The molecule has 2 rings (SSSR count). The van der Waals surface area contributed by atoms with Crippen LogP contribution in [0.25, 0.3) is 0 Å². The van der Waals surface area contributed by atoms with Gasteiger partial charge in [0.05, 0.1) is 10.9 Å². The molecule has 0 aliphatic heterocycles. The van der Waals surface area contributed by atoms with Crippen LogP contribution in [-0.2, 0) is 10.9 Å². The van der Waals surface area contributed by atoms with Gasteiger partial charge in [-0.2, -0.15) is 0 Å². The summed E-state index contributed by atoms with van der Waals surface area (Å²) < 4.78 is 0. The first kappa shape index (κ1) is 11.4. The zero-order valence-corrected chi connectivity index (χ0v) is 10.7. The van der Waals surface area contributed by atoms with E-state index in [1.54, 1.807) is 5.37 Å². The van der Waals surface area contributed by atoms with Crippen LogP contribution in [0.15, 0.2) is 64.4 Å². The smallest absolute Gasteiger partial charge is 0.0881 e. The van der Waals surface area contributed by atoms with Crippen LogP contribution in [0.3, 0.4) is 0 Å². The van der Waals surface area contributed by atoms with Gasteiger partial charge in [-0.3, -0.25) is 0 Å². The number of thiocarbonyl (C=S) groups is 1. The number of hydrogen-bond acceptors (Lipinski definition) is 1. The van der Waals surface area contributed by atoms with Crippen LogP contribution in [0.1, 0.15) is 5.56 Å². The van der Waals surface area contributed by atoms with E-state index in [-0.39, 0.29) is 10.9 Å². The second kappa shape index (κ2) is 5.28. The van der Waals surface area contributed by atoms with E-state index < -0.39 is 0 Å². The average Bonchev–Trinajstić information content (AvgIpc) is 2.39. The Labute approximate surface area is 105 Å². The van der Waals surface area contributed by atoms with E-state index in [9.17, 15) is 0 Å². The van der Waals surface area contributed by atoms with Gasteiger partial charge < -0.3 is 0 Å². The lowest BCUT2D eigenvalue weighted by Crippen LogP contribution is -2.00. The summed E-state index contributed by atoms with van der Waals surface area (Å²) in [6, 6.07) is 19.1. The van der Waals surface area contributed by atoms with Crippen molar-refractivity contribution in [3.05, 3.63) is 60.2 Å². The zero-order chi connectivity index (χ0) is 11.4. The molecule has 80 valence electrons. The molecule has 0 saturated carbocycles. The Morgan fingerprint density at radius 2 is 1.44 bits per heavy atom. The second-order valence-electron chi connectivity index (χ2n) is 3.51. The first-order valence-corrected chi connectivity index (χ1v) is 7.18. The fourth-order valence-electron chi connectivity index (χ4n) is 1.51. The maximum absolute atomic E-state index is 4.90. The summed E-state index contributed by atoms with van der Waals surface area (Å²) in [4.78, 5) is 2.73. The monoisotopic (exact) mass is 245 g/mol. The Kier molecular flexibility index (Phi) is 3.75. The van der Waals surface area contributed by atoms with Crippen molar-refractivity contribution in [1.82, 2.24) is 0 Å². The van der Waals surface area contributed by atoms with Crippen LogP contribution in [-0.4, -0.2) is 11.6 Å². The highest BCUT2D eigenvalue weighted by Crippen LogP contribution is 2.20. The topological polar surface area (TPSA) is 0 Å². The van der Waals surface area contributed by atoms with E-state index in [1.807, 2.05) is 0 Å². The Hall–Kier alpha value is -1.12. The predicted octanol–water partition coefficient (Wildman–Crippen LogP) is 3.70. The molecule has 2 aromatic carbocycles. The van der Waals surface area contributed by atoms with Gasteiger partial charge in [0.1, 0.15) is 6.26 Å². The molecule has 0 spiro atoms. The molecule has 1 atom stereocenters. The van der Waals surface area contributed by atoms with Gasteiger partial charge in [-0.25, -0.2) is 0 Å². The Bertz CT molecular complexity index is 460. The Morgan fingerprint density at radius 3 is 2.00 bits per heavy atom. The zero-order valence-electron chi connectivity index (χ0n) is 9.09. The molecule has 0 amide bonds. The lowest BCUT2D eigenvalue weighted by Gasteiger charge is -2.02. The number of benzene rings is 2. The standard InChI is InChI=1S/C14H13S2/c1-16(13-5-3-2-4-6-13)14-9-7-12(11-15)8-10-14/h2-11H,1H3/q+1. The average molecular weight is 245 g/mol. The lowest BCUT2D eigenvalue weighted by molar-refractivity contribution is 1.38. The first-order valence-electron chi connectivity index (χ1n) is 5.07. The molecule has 0 aromatic heterocycles. The molecular formula is C14H13S2+. The molecule has 16 heavy (non-hydrogen) atoms. The molecule has 0 bridgehead atoms. The van der Waals surface area contributed by atoms with Gasteiger partial charge in [0.15, 0.2) is 9.79 Å². The van der Waals surface area contributed by atoms with Crippen molar-refractivity contribution in [2.75, 3.05) is 6.26 Å². The van der Waals surface area contributed by atoms with E-state index in [4.69, 9.17) is 12.2 Å². The van der Waals surface area contributed by atoms with Crippen LogP contribution >= 0.6 is 12.2 Å². The first-order chi connectivity index (χ1) is 7.81. The molecule has 0 radical (unpaired) electrons. The molecule has 0 aliphatic rings. The van der Waals surface area contributed by atoms with Crippen LogP contribution in [0.4, 0.5) is 0 Å². The summed E-state index contributed by atoms with van der Waals surface area (Å²) >= 11 is 4.90. The predicted molar refractivity (Wildman–Crippen MR) is 75.5 cm³/mol. The van der Waals surface area contributed by atoms with Crippen molar-refractivity contribution < 1.29 is 0 Å². The maximum atomic E-state index is 4.90. The summed E-state index contributed by atoms with van der Waals surface area (Å²) in [5.41, 5.74) is 1.10. The quantitative estimate of drug-likeness (QED) is 0.587. The third kappa shape index (κ3) is 2.52. The van der Waals surface area contributed by atoms with Gasteiger partial charge in [0, 0.05) is 5.37 Å². The molecule has 0 saturated heterocycles. The van der Waals surface area contributed by atoms with E-state index in [2.05, 4.69) is 60.9 Å². The molecule has 0 aliphatic carbocycles. The minimum Gasteiger partial charge on any atom is -0.0881 e. The van der Waals surface area contributed by atoms with E-state index in [1.165, 1.54) is 9.79 Å². The second-order valence-corrected chi connectivity index (χ2v) is 5.71. The van der Waals surface area contributed by atoms with E-state index in [0.29, 0.717) is 0 Å². The lowest BCUT2D eigenvalue weighted by atomic mass is 10.2. The Morgan fingerprint density at radius 1 is 0.875 bits per heavy atom. The molecule has 1 unspecified atom stereocenters. The molecule has 0 heterocycles. The highest BCUT2D eigenvalue weighted by molar-refractivity contribution is 7.96. The molecule has 0 fully saturated rings. The van der Waals surface area contributed by atoms with Crippen LogP contribution in [0.5, 0.6) is 0 Å². The molecule has 0 N–H and O–H groups in total. The number of hydrogen-bond donors (Lipinski definition) is 0. The van der Waals surface area contributed by atoms with Gasteiger partial charge in [-0.15, -0.1) is 0 Å². The van der Waals surface area contributed by atoms with Crippen molar-refractivity contribution in [2.24, 2.45) is 0 Å². The third-order valence-corrected chi connectivity index (χ3v) is 4.70. The fraction of sp³-hybridized carbons (Fsp3) is 0.0714. The van der Waals surface area contributed by atoms with Crippen LogP contribution in [0.2, 0.25) is 0 Å². The van der Waals surface area contributed by atoms with Crippen molar-refractivity contribution in [2.45, 2.75) is 9.79 Å². The minimum atomic E-state index is 0.145. The van der Waals surface area contributed by atoms with Gasteiger partial charge in [0.25, 0.3) is 0 Å².